The van der Waals surface area contributed by atoms with Crippen molar-refractivity contribution in [1.82, 2.24) is 5.32 Å². The topological polar surface area (TPSA) is 34.4 Å². The van der Waals surface area contributed by atoms with Crippen molar-refractivity contribution in [1.29, 1.82) is 0 Å². The van der Waals surface area contributed by atoms with E-state index in [1.807, 2.05) is 12.1 Å². The zero-order valence-corrected chi connectivity index (χ0v) is 12.7. The Bertz CT molecular complexity index is 553. The first-order chi connectivity index (χ1) is 8.67. The van der Waals surface area contributed by atoms with Crippen molar-refractivity contribution in [2.45, 2.75) is 20.1 Å². The summed E-state index contributed by atoms with van der Waals surface area (Å²) in [6, 6.07) is 3.84. The molecule has 18 heavy (non-hydrogen) atoms. The third-order valence-electron chi connectivity index (χ3n) is 2.72. The Morgan fingerprint density at radius 1 is 1.44 bits per heavy atom. The Morgan fingerprint density at radius 2 is 2.22 bits per heavy atom. The number of halogens is 2. The highest BCUT2D eigenvalue weighted by Crippen LogP contribution is 2.34. The van der Waals surface area contributed by atoms with Gasteiger partial charge in [0.05, 0.1) is 18.2 Å². The molecule has 0 unspecified atom stereocenters. The van der Waals surface area contributed by atoms with Crippen LogP contribution < -0.4 is 5.32 Å². The van der Waals surface area contributed by atoms with Crippen LogP contribution in [0.3, 0.4) is 0 Å². The Balaban J connectivity index is 2.55. The first-order valence-electron chi connectivity index (χ1n) is 5.76. The van der Waals surface area contributed by atoms with E-state index in [0.29, 0.717) is 18.2 Å². The molecule has 1 aromatic heterocycles. The molecular weight excluding hydrogens is 318 g/mol. The van der Waals surface area contributed by atoms with E-state index in [-0.39, 0.29) is 0 Å². The monoisotopic (exact) mass is 331 g/mol. The quantitative estimate of drug-likeness (QED) is 0.895. The molecule has 0 aliphatic rings. The van der Waals surface area contributed by atoms with Crippen LogP contribution in [0.5, 0.6) is 0 Å². The Kier molecular flexibility index (Phi) is 4.67. The molecule has 1 aromatic carbocycles. The smallest absolute Gasteiger partial charge is 0.153 e. The summed E-state index contributed by atoms with van der Waals surface area (Å²) in [5.41, 5.74) is 1.77. The van der Waals surface area contributed by atoms with Crippen molar-refractivity contribution in [2.24, 2.45) is 0 Å². The molecule has 0 spiro atoms. The number of hydrogen-bond acceptors (Lipinski definition) is 3. The fourth-order valence-corrected chi connectivity index (χ4v) is 2.75. The minimum absolute atomic E-state index is 0.514. The largest absolute Gasteiger partial charge is 0.458 e. The molecular formula is C13H15BrClNO2. The van der Waals surface area contributed by atoms with Crippen LogP contribution in [0.1, 0.15) is 18.2 Å². The molecule has 0 atom stereocenters. The summed E-state index contributed by atoms with van der Waals surface area (Å²) in [4.78, 5) is 0. The second-order valence-electron chi connectivity index (χ2n) is 3.98. The summed E-state index contributed by atoms with van der Waals surface area (Å²) >= 11 is 9.64. The summed E-state index contributed by atoms with van der Waals surface area (Å²) in [6.07, 6.45) is 0. The van der Waals surface area contributed by atoms with Crippen molar-refractivity contribution >= 4 is 38.5 Å². The van der Waals surface area contributed by atoms with Gasteiger partial charge < -0.3 is 14.5 Å². The minimum Gasteiger partial charge on any atom is -0.458 e. The molecule has 0 aliphatic heterocycles. The molecule has 3 nitrogen and oxygen atoms in total. The van der Waals surface area contributed by atoms with E-state index in [1.165, 1.54) is 0 Å². The number of ether oxygens (including phenoxy) is 1. The van der Waals surface area contributed by atoms with E-state index in [1.54, 1.807) is 7.11 Å². The number of hydrogen-bond donors (Lipinski definition) is 1. The molecule has 2 rings (SSSR count). The maximum absolute atomic E-state index is 6.20. The molecule has 0 saturated heterocycles. The molecule has 0 bridgehead atoms. The van der Waals surface area contributed by atoms with E-state index in [2.05, 4.69) is 28.2 Å². The lowest BCUT2D eigenvalue weighted by Crippen LogP contribution is -2.12. The van der Waals surface area contributed by atoms with E-state index in [0.717, 1.165) is 33.3 Å². The van der Waals surface area contributed by atoms with Crippen LogP contribution in [0.2, 0.25) is 5.02 Å². The van der Waals surface area contributed by atoms with Gasteiger partial charge in [-0.05, 0) is 18.7 Å². The van der Waals surface area contributed by atoms with Gasteiger partial charge in [0, 0.05) is 22.5 Å². The van der Waals surface area contributed by atoms with Crippen molar-refractivity contribution in [2.75, 3.05) is 13.7 Å². The Hall–Kier alpha value is -0.550. The lowest BCUT2D eigenvalue weighted by atomic mass is 10.1. The molecule has 1 N–H and O–H groups in total. The molecule has 0 aliphatic carbocycles. The first kappa shape index (κ1) is 13.9. The fraction of sp³-hybridized carbons (Fsp3) is 0.385. The Labute approximate surface area is 120 Å². The lowest BCUT2D eigenvalue weighted by Gasteiger charge is -2.02. The highest BCUT2D eigenvalue weighted by atomic mass is 79.9. The predicted molar refractivity (Wildman–Crippen MR) is 77.0 cm³/mol. The molecule has 0 fully saturated rings. The standard InChI is InChI=1S/C13H15BrClNO2/c1-3-16-6-12-10(7-17-2)9-4-8(14)5-11(15)13(9)18-12/h4-5,16H,3,6-7H2,1-2H3. The summed E-state index contributed by atoms with van der Waals surface area (Å²) in [5.74, 6) is 0.883. The van der Waals surface area contributed by atoms with Crippen molar-refractivity contribution in [3.63, 3.8) is 0 Å². The maximum Gasteiger partial charge on any atom is 0.153 e. The molecule has 2 aromatic rings. The highest BCUT2D eigenvalue weighted by molar-refractivity contribution is 9.10. The maximum atomic E-state index is 6.20. The molecule has 5 heteroatoms. The highest BCUT2D eigenvalue weighted by Gasteiger charge is 2.16. The second kappa shape index (κ2) is 6.06. The number of fused-ring (bicyclic) bond motifs is 1. The van der Waals surface area contributed by atoms with Crippen LogP contribution in [0, 0.1) is 0 Å². The van der Waals surface area contributed by atoms with Gasteiger partial charge in [-0.25, -0.2) is 0 Å². The normalized spacial score (nSPS) is 11.3. The van der Waals surface area contributed by atoms with Gasteiger partial charge in [-0.2, -0.15) is 0 Å². The number of furan rings is 1. The number of benzene rings is 1. The van der Waals surface area contributed by atoms with E-state index >= 15 is 0 Å². The van der Waals surface area contributed by atoms with Gasteiger partial charge in [0.25, 0.3) is 0 Å². The number of nitrogens with one attached hydrogen (secondary N) is 1. The van der Waals surface area contributed by atoms with Crippen LogP contribution in [-0.2, 0) is 17.9 Å². The molecule has 0 radical (unpaired) electrons. The first-order valence-corrected chi connectivity index (χ1v) is 6.93. The zero-order chi connectivity index (χ0) is 13.1. The van der Waals surface area contributed by atoms with Crippen LogP contribution in [0.15, 0.2) is 21.0 Å². The van der Waals surface area contributed by atoms with Crippen LogP contribution in [-0.4, -0.2) is 13.7 Å². The summed E-state index contributed by atoms with van der Waals surface area (Å²) in [5, 5.41) is 4.87. The third-order valence-corrected chi connectivity index (χ3v) is 3.46. The van der Waals surface area contributed by atoms with Crippen LogP contribution in [0.25, 0.3) is 11.0 Å². The van der Waals surface area contributed by atoms with Gasteiger partial charge in [-0.15, -0.1) is 0 Å². The minimum atomic E-state index is 0.514. The van der Waals surface area contributed by atoms with E-state index < -0.39 is 0 Å². The fourth-order valence-electron chi connectivity index (χ4n) is 1.91. The van der Waals surface area contributed by atoms with E-state index in [9.17, 15) is 0 Å². The van der Waals surface area contributed by atoms with Gasteiger partial charge in [-0.1, -0.05) is 34.5 Å². The average Bonchev–Trinajstić information content (AvgIpc) is 2.66. The van der Waals surface area contributed by atoms with Gasteiger partial charge in [-0.3, -0.25) is 0 Å². The van der Waals surface area contributed by atoms with Crippen LogP contribution in [0.4, 0.5) is 0 Å². The van der Waals surface area contributed by atoms with Crippen LogP contribution >= 0.6 is 27.5 Å². The summed E-state index contributed by atoms with van der Waals surface area (Å²) in [6.45, 7) is 4.14. The van der Waals surface area contributed by atoms with Crippen molar-refractivity contribution in [3.05, 3.63) is 33.0 Å². The van der Waals surface area contributed by atoms with Crippen molar-refractivity contribution in [3.8, 4) is 0 Å². The van der Waals surface area contributed by atoms with Crippen molar-refractivity contribution < 1.29 is 9.15 Å². The SMILES string of the molecule is CCNCc1oc2c(Cl)cc(Br)cc2c1COC. The summed E-state index contributed by atoms with van der Waals surface area (Å²) < 4.78 is 12.0. The number of methoxy groups -OCH3 is 1. The average molecular weight is 333 g/mol. The Morgan fingerprint density at radius 3 is 2.89 bits per heavy atom. The van der Waals surface area contributed by atoms with E-state index in [4.69, 9.17) is 20.8 Å². The molecule has 98 valence electrons. The van der Waals surface area contributed by atoms with Gasteiger partial charge >= 0.3 is 0 Å². The predicted octanol–water partition coefficient (Wildman–Crippen LogP) is 4.10. The van der Waals surface area contributed by atoms with Gasteiger partial charge in [0.1, 0.15) is 5.76 Å². The zero-order valence-electron chi connectivity index (χ0n) is 10.3. The van der Waals surface area contributed by atoms with Gasteiger partial charge in [0.2, 0.25) is 0 Å². The van der Waals surface area contributed by atoms with Gasteiger partial charge in [0.15, 0.2) is 5.58 Å². The second-order valence-corrected chi connectivity index (χ2v) is 5.30. The lowest BCUT2D eigenvalue weighted by molar-refractivity contribution is 0.183. The number of rotatable bonds is 5. The molecule has 0 saturated carbocycles. The summed E-state index contributed by atoms with van der Waals surface area (Å²) in [7, 11) is 1.68. The third kappa shape index (κ3) is 2.72. The molecule has 0 amide bonds. The molecule has 1 heterocycles.